The number of pyridine rings is 1. The Hall–Kier alpha value is -3.45. The van der Waals surface area contributed by atoms with Crippen LogP contribution in [0.4, 0.5) is 5.69 Å². The van der Waals surface area contributed by atoms with Gasteiger partial charge in [-0.3, -0.25) is 9.71 Å². The number of nitrogens with zero attached hydrogens (tertiary/aromatic N) is 2. The number of nitrogens with one attached hydrogen (secondary N) is 2. The molecular formula is C25H26N4O2S. The van der Waals surface area contributed by atoms with E-state index in [0.717, 1.165) is 51.5 Å². The van der Waals surface area contributed by atoms with Gasteiger partial charge in [-0.05, 0) is 48.4 Å². The van der Waals surface area contributed by atoms with Gasteiger partial charge in [0.15, 0.2) is 0 Å². The van der Waals surface area contributed by atoms with Gasteiger partial charge in [0.05, 0.1) is 23.3 Å². The molecule has 4 aromatic rings. The van der Waals surface area contributed by atoms with Crippen LogP contribution in [0.3, 0.4) is 0 Å². The second-order valence-electron chi connectivity index (χ2n) is 8.20. The van der Waals surface area contributed by atoms with Crippen LogP contribution in [-0.4, -0.2) is 29.6 Å². The number of hydrogen-bond donors (Lipinski definition) is 2. The molecule has 0 saturated heterocycles. The number of hydrogen-bond acceptors (Lipinski definition) is 4. The zero-order valence-corrected chi connectivity index (χ0v) is 19.4. The van der Waals surface area contributed by atoms with Crippen molar-refractivity contribution in [1.82, 2.24) is 15.0 Å². The highest BCUT2D eigenvalue weighted by atomic mass is 32.2. The Morgan fingerprint density at radius 1 is 0.875 bits per heavy atom. The predicted molar refractivity (Wildman–Crippen MR) is 130 cm³/mol. The van der Waals surface area contributed by atoms with Gasteiger partial charge in [-0.25, -0.2) is 13.4 Å². The minimum atomic E-state index is -3.30. The van der Waals surface area contributed by atoms with E-state index in [2.05, 4.69) is 29.6 Å². The fourth-order valence-corrected chi connectivity index (χ4v) is 4.10. The van der Waals surface area contributed by atoms with E-state index in [-0.39, 0.29) is 5.92 Å². The number of H-pyrrole nitrogens is 1. The molecule has 7 heteroatoms. The Labute approximate surface area is 188 Å². The number of aryl methyl sites for hydroxylation is 1. The van der Waals surface area contributed by atoms with E-state index in [1.165, 1.54) is 0 Å². The van der Waals surface area contributed by atoms with Gasteiger partial charge in [0.1, 0.15) is 5.82 Å². The van der Waals surface area contributed by atoms with Crippen molar-refractivity contribution < 1.29 is 8.42 Å². The van der Waals surface area contributed by atoms with Gasteiger partial charge in [-0.2, -0.15) is 0 Å². The van der Waals surface area contributed by atoms with Crippen LogP contribution in [0.25, 0.3) is 33.8 Å². The zero-order chi connectivity index (χ0) is 22.9. The Morgan fingerprint density at radius 3 is 2.22 bits per heavy atom. The molecule has 0 saturated carbocycles. The van der Waals surface area contributed by atoms with Crippen LogP contribution in [0, 0.1) is 6.92 Å². The summed E-state index contributed by atoms with van der Waals surface area (Å²) in [6, 6.07) is 21.5. The van der Waals surface area contributed by atoms with E-state index in [1.54, 1.807) is 12.1 Å². The molecule has 6 nitrogen and oxygen atoms in total. The summed E-state index contributed by atoms with van der Waals surface area (Å²) in [5.41, 5.74) is 7.11. The largest absolute Gasteiger partial charge is 0.340 e. The lowest BCUT2D eigenvalue weighted by molar-refractivity contribution is 0.607. The first kappa shape index (κ1) is 21.8. The first-order valence-corrected chi connectivity index (χ1v) is 12.3. The van der Waals surface area contributed by atoms with Crippen LogP contribution in [0.5, 0.6) is 0 Å². The van der Waals surface area contributed by atoms with Crippen molar-refractivity contribution in [1.29, 1.82) is 0 Å². The summed E-state index contributed by atoms with van der Waals surface area (Å²) in [4.78, 5) is 13.1. The number of benzene rings is 2. The van der Waals surface area contributed by atoms with Crippen LogP contribution >= 0.6 is 0 Å². The van der Waals surface area contributed by atoms with Crippen molar-refractivity contribution in [3.05, 3.63) is 78.2 Å². The molecule has 2 aromatic heterocycles. The molecule has 0 unspecified atom stereocenters. The molecule has 0 aliphatic carbocycles. The third-order valence-electron chi connectivity index (χ3n) is 5.07. The summed E-state index contributed by atoms with van der Waals surface area (Å²) in [7, 11) is -3.30. The second kappa shape index (κ2) is 8.59. The summed E-state index contributed by atoms with van der Waals surface area (Å²) >= 11 is 0. The SMILES string of the molecule is Cc1cccc(-c2[nH]c(C(C)C)nc2-c2cccc(-c3ccc(NS(C)(=O)=O)cc3)c2)n1. The Balaban J connectivity index is 1.75. The van der Waals surface area contributed by atoms with Gasteiger partial charge >= 0.3 is 0 Å². The summed E-state index contributed by atoms with van der Waals surface area (Å²) in [6.07, 6.45) is 1.14. The van der Waals surface area contributed by atoms with Crippen LogP contribution < -0.4 is 4.72 Å². The van der Waals surface area contributed by atoms with Crippen molar-refractivity contribution in [2.24, 2.45) is 0 Å². The molecule has 2 N–H and O–H groups in total. The highest BCUT2D eigenvalue weighted by Gasteiger charge is 2.17. The molecule has 0 aliphatic rings. The molecule has 164 valence electrons. The molecule has 4 rings (SSSR count). The lowest BCUT2D eigenvalue weighted by atomic mass is 10.0. The average molecular weight is 447 g/mol. The normalized spacial score (nSPS) is 11.7. The maximum absolute atomic E-state index is 11.5. The summed E-state index contributed by atoms with van der Waals surface area (Å²) in [6.45, 7) is 6.20. The van der Waals surface area contributed by atoms with E-state index in [9.17, 15) is 8.42 Å². The molecule has 2 heterocycles. The van der Waals surface area contributed by atoms with Crippen molar-refractivity contribution in [3.63, 3.8) is 0 Å². The Morgan fingerprint density at radius 2 is 1.56 bits per heavy atom. The van der Waals surface area contributed by atoms with Crippen LogP contribution in [0.2, 0.25) is 0 Å². The number of rotatable bonds is 6. The minimum Gasteiger partial charge on any atom is -0.340 e. The van der Waals surface area contributed by atoms with E-state index in [0.29, 0.717) is 5.69 Å². The summed E-state index contributed by atoms with van der Waals surface area (Å²) in [5, 5.41) is 0. The van der Waals surface area contributed by atoms with Crippen LogP contribution in [0.1, 0.15) is 31.3 Å². The molecule has 0 bridgehead atoms. The highest BCUT2D eigenvalue weighted by Crippen LogP contribution is 2.33. The van der Waals surface area contributed by atoms with Gasteiger partial charge in [0, 0.05) is 22.9 Å². The first-order valence-electron chi connectivity index (χ1n) is 10.4. The second-order valence-corrected chi connectivity index (χ2v) is 9.95. The molecule has 2 aromatic carbocycles. The number of aromatic amines is 1. The molecule has 0 fully saturated rings. The van der Waals surface area contributed by atoms with E-state index in [1.807, 2.05) is 55.5 Å². The van der Waals surface area contributed by atoms with Crippen LogP contribution in [0.15, 0.2) is 66.7 Å². The summed E-state index contributed by atoms with van der Waals surface area (Å²) < 4.78 is 25.4. The number of imidazole rings is 1. The Kier molecular flexibility index (Phi) is 5.84. The van der Waals surface area contributed by atoms with E-state index < -0.39 is 10.0 Å². The van der Waals surface area contributed by atoms with Gasteiger partial charge in [-0.15, -0.1) is 0 Å². The monoisotopic (exact) mass is 446 g/mol. The number of anilines is 1. The fourth-order valence-electron chi connectivity index (χ4n) is 3.53. The Bertz CT molecular complexity index is 1360. The summed E-state index contributed by atoms with van der Waals surface area (Å²) in [5.74, 6) is 1.17. The third kappa shape index (κ3) is 4.89. The molecule has 0 amide bonds. The van der Waals surface area contributed by atoms with Crippen LogP contribution in [-0.2, 0) is 10.0 Å². The lowest BCUT2D eigenvalue weighted by Gasteiger charge is -2.08. The lowest BCUT2D eigenvalue weighted by Crippen LogP contribution is -2.09. The fraction of sp³-hybridized carbons (Fsp3) is 0.200. The average Bonchev–Trinajstić information content (AvgIpc) is 3.19. The number of aromatic nitrogens is 3. The zero-order valence-electron chi connectivity index (χ0n) is 18.5. The minimum absolute atomic E-state index is 0.255. The van der Waals surface area contributed by atoms with E-state index >= 15 is 0 Å². The van der Waals surface area contributed by atoms with Gasteiger partial charge in [0.25, 0.3) is 0 Å². The predicted octanol–water partition coefficient (Wildman–Crippen LogP) is 5.61. The standard InChI is InChI=1S/C25H26N4O2S/c1-16(2)25-27-23(24(28-25)22-10-5-7-17(3)26-22)20-9-6-8-19(15-20)18-11-13-21(14-12-18)29-32(4,30)31/h5-16,29H,1-4H3,(H,27,28). The molecular weight excluding hydrogens is 420 g/mol. The maximum atomic E-state index is 11.5. The third-order valence-corrected chi connectivity index (χ3v) is 5.68. The quantitative estimate of drug-likeness (QED) is 0.403. The van der Waals surface area contributed by atoms with E-state index in [4.69, 9.17) is 9.97 Å². The maximum Gasteiger partial charge on any atom is 0.229 e. The van der Waals surface area contributed by atoms with Gasteiger partial charge < -0.3 is 4.98 Å². The van der Waals surface area contributed by atoms with Gasteiger partial charge in [0.2, 0.25) is 10.0 Å². The molecule has 32 heavy (non-hydrogen) atoms. The van der Waals surface area contributed by atoms with Crippen molar-refractivity contribution in [3.8, 4) is 33.8 Å². The molecule has 0 aliphatic heterocycles. The molecule has 0 radical (unpaired) electrons. The number of sulfonamides is 1. The molecule has 0 spiro atoms. The molecule has 0 atom stereocenters. The first-order chi connectivity index (χ1) is 15.2. The highest BCUT2D eigenvalue weighted by molar-refractivity contribution is 7.92. The van der Waals surface area contributed by atoms with Crippen molar-refractivity contribution in [2.45, 2.75) is 26.7 Å². The smallest absolute Gasteiger partial charge is 0.229 e. The van der Waals surface area contributed by atoms with Crippen molar-refractivity contribution >= 4 is 15.7 Å². The van der Waals surface area contributed by atoms with Gasteiger partial charge in [-0.1, -0.05) is 50.2 Å². The van der Waals surface area contributed by atoms with Crippen molar-refractivity contribution in [2.75, 3.05) is 11.0 Å². The topological polar surface area (TPSA) is 87.7 Å².